The van der Waals surface area contributed by atoms with E-state index >= 15 is 0 Å². The van der Waals surface area contributed by atoms with Crippen LogP contribution in [0.15, 0.2) is 61.1 Å². The van der Waals surface area contributed by atoms with Gasteiger partial charge in [0.2, 0.25) is 5.91 Å². The zero-order valence-electron chi connectivity index (χ0n) is 11.7. The van der Waals surface area contributed by atoms with Gasteiger partial charge in [0.05, 0.1) is 0 Å². The van der Waals surface area contributed by atoms with Gasteiger partial charge in [-0.05, 0) is 46.7 Å². The molecule has 1 amide bonds. The quantitative estimate of drug-likeness (QED) is 0.592. The van der Waals surface area contributed by atoms with Crippen molar-refractivity contribution in [1.29, 1.82) is 0 Å². The Morgan fingerprint density at radius 3 is 2.77 bits per heavy atom. The van der Waals surface area contributed by atoms with Crippen LogP contribution >= 0.6 is 0 Å². The Labute approximate surface area is 126 Å². The lowest BCUT2D eigenvalue weighted by molar-refractivity contribution is 0.100. The summed E-state index contributed by atoms with van der Waals surface area (Å²) in [6.45, 7) is 0. The number of H-pyrrole nitrogens is 1. The van der Waals surface area contributed by atoms with Crippen molar-refractivity contribution >= 4 is 27.6 Å². The molecule has 0 bridgehead atoms. The smallest absolute Gasteiger partial charge is 0.248 e. The van der Waals surface area contributed by atoms with Gasteiger partial charge in [0.1, 0.15) is 0 Å². The third kappa shape index (κ3) is 1.93. The number of carbonyl (C=O) groups is 1. The lowest BCUT2D eigenvalue weighted by Crippen LogP contribution is -2.10. The van der Waals surface area contributed by atoms with E-state index in [0.717, 1.165) is 32.8 Å². The Balaban J connectivity index is 2.00. The molecule has 4 heteroatoms. The molecule has 4 rings (SSSR count). The van der Waals surface area contributed by atoms with Crippen molar-refractivity contribution in [3.8, 4) is 11.1 Å². The van der Waals surface area contributed by atoms with Gasteiger partial charge < -0.3 is 10.7 Å². The summed E-state index contributed by atoms with van der Waals surface area (Å²) in [7, 11) is 0. The highest BCUT2D eigenvalue weighted by Crippen LogP contribution is 2.30. The minimum Gasteiger partial charge on any atom is -0.366 e. The first-order valence-electron chi connectivity index (χ1n) is 6.97. The van der Waals surface area contributed by atoms with Crippen molar-refractivity contribution in [2.45, 2.75) is 0 Å². The molecule has 0 unspecified atom stereocenters. The minimum atomic E-state index is -0.425. The number of aromatic nitrogens is 2. The van der Waals surface area contributed by atoms with Crippen molar-refractivity contribution in [3.63, 3.8) is 0 Å². The van der Waals surface area contributed by atoms with E-state index in [1.165, 1.54) is 0 Å². The fourth-order valence-corrected chi connectivity index (χ4v) is 2.77. The first-order valence-corrected chi connectivity index (χ1v) is 6.97. The molecule has 4 nitrogen and oxygen atoms in total. The summed E-state index contributed by atoms with van der Waals surface area (Å²) in [6, 6.07) is 13.7. The molecule has 0 aliphatic rings. The average molecular weight is 287 g/mol. The van der Waals surface area contributed by atoms with Crippen LogP contribution in [0.3, 0.4) is 0 Å². The number of primary amides is 1. The summed E-state index contributed by atoms with van der Waals surface area (Å²) in [4.78, 5) is 18.9. The summed E-state index contributed by atoms with van der Waals surface area (Å²) >= 11 is 0. The van der Waals surface area contributed by atoms with Gasteiger partial charge in [0.15, 0.2) is 0 Å². The SMILES string of the molecule is NC(=O)c1ccc2cncc(-c3ccc4[nH]ccc4c3)c2c1. The highest BCUT2D eigenvalue weighted by atomic mass is 16.1. The van der Waals surface area contributed by atoms with Gasteiger partial charge in [-0.15, -0.1) is 0 Å². The van der Waals surface area contributed by atoms with Crippen LogP contribution in [0.4, 0.5) is 0 Å². The van der Waals surface area contributed by atoms with Gasteiger partial charge in [-0.3, -0.25) is 9.78 Å². The van der Waals surface area contributed by atoms with Crippen molar-refractivity contribution in [3.05, 3.63) is 66.6 Å². The summed E-state index contributed by atoms with van der Waals surface area (Å²) in [5.41, 5.74) is 9.04. The molecule has 0 saturated carbocycles. The Hall–Kier alpha value is -3.14. The van der Waals surface area contributed by atoms with Crippen LogP contribution in [0.1, 0.15) is 10.4 Å². The summed E-state index contributed by atoms with van der Waals surface area (Å²) in [5.74, 6) is -0.425. The van der Waals surface area contributed by atoms with Crippen molar-refractivity contribution < 1.29 is 4.79 Å². The molecular formula is C18H13N3O. The van der Waals surface area contributed by atoms with E-state index in [0.29, 0.717) is 5.56 Å². The number of hydrogen-bond donors (Lipinski definition) is 2. The maximum Gasteiger partial charge on any atom is 0.248 e. The summed E-state index contributed by atoms with van der Waals surface area (Å²) < 4.78 is 0. The highest BCUT2D eigenvalue weighted by Gasteiger charge is 2.08. The largest absolute Gasteiger partial charge is 0.366 e. The normalized spacial score (nSPS) is 11.1. The second kappa shape index (κ2) is 4.70. The van der Waals surface area contributed by atoms with Crippen molar-refractivity contribution in [2.24, 2.45) is 5.73 Å². The molecule has 2 aromatic carbocycles. The molecule has 3 N–H and O–H groups in total. The zero-order chi connectivity index (χ0) is 15.1. The fourth-order valence-electron chi connectivity index (χ4n) is 2.77. The number of benzene rings is 2. The molecule has 0 aliphatic heterocycles. The lowest BCUT2D eigenvalue weighted by atomic mass is 9.98. The van der Waals surface area contributed by atoms with Gasteiger partial charge in [0.25, 0.3) is 0 Å². The van der Waals surface area contributed by atoms with Gasteiger partial charge >= 0.3 is 0 Å². The molecular weight excluding hydrogens is 274 g/mol. The van der Waals surface area contributed by atoms with Gasteiger partial charge in [-0.25, -0.2) is 0 Å². The third-order valence-corrected chi connectivity index (χ3v) is 3.91. The number of pyridine rings is 1. The van der Waals surface area contributed by atoms with E-state index < -0.39 is 5.91 Å². The van der Waals surface area contributed by atoms with Gasteiger partial charge in [-0.2, -0.15) is 0 Å². The first kappa shape index (κ1) is 12.6. The van der Waals surface area contributed by atoms with Crippen LogP contribution in [-0.2, 0) is 0 Å². The van der Waals surface area contributed by atoms with E-state index in [2.05, 4.69) is 16.0 Å². The number of nitrogens with one attached hydrogen (secondary N) is 1. The molecule has 0 atom stereocenters. The Kier molecular flexibility index (Phi) is 2.69. The molecule has 2 heterocycles. The molecule has 4 aromatic rings. The van der Waals surface area contributed by atoms with Crippen LogP contribution in [-0.4, -0.2) is 15.9 Å². The monoisotopic (exact) mass is 287 g/mol. The number of hydrogen-bond acceptors (Lipinski definition) is 2. The number of rotatable bonds is 2. The van der Waals surface area contributed by atoms with E-state index in [1.54, 1.807) is 12.3 Å². The van der Waals surface area contributed by atoms with Crippen LogP contribution in [0.2, 0.25) is 0 Å². The van der Waals surface area contributed by atoms with Crippen molar-refractivity contribution in [2.75, 3.05) is 0 Å². The molecule has 0 fully saturated rings. The van der Waals surface area contributed by atoms with Crippen LogP contribution in [0.5, 0.6) is 0 Å². The maximum absolute atomic E-state index is 11.4. The summed E-state index contributed by atoms with van der Waals surface area (Å²) in [6.07, 6.45) is 5.53. The Morgan fingerprint density at radius 2 is 1.91 bits per heavy atom. The molecule has 106 valence electrons. The number of fused-ring (bicyclic) bond motifs is 2. The third-order valence-electron chi connectivity index (χ3n) is 3.91. The van der Waals surface area contributed by atoms with Crippen LogP contribution in [0.25, 0.3) is 32.8 Å². The van der Waals surface area contributed by atoms with E-state index in [9.17, 15) is 4.79 Å². The number of nitrogens with two attached hydrogens (primary N) is 1. The number of nitrogens with zero attached hydrogens (tertiary/aromatic N) is 1. The Bertz CT molecular complexity index is 1020. The van der Waals surface area contributed by atoms with Gasteiger partial charge in [0, 0.05) is 40.6 Å². The Morgan fingerprint density at radius 1 is 1.00 bits per heavy atom. The van der Waals surface area contributed by atoms with Gasteiger partial charge in [-0.1, -0.05) is 12.1 Å². The predicted molar refractivity (Wildman–Crippen MR) is 87.6 cm³/mol. The molecule has 0 aliphatic carbocycles. The fraction of sp³-hybridized carbons (Fsp3) is 0. The standard InChI is InChI=1S/C18H13N3O/c19-18(22)13-1-2-14-9-20-10-16(15(14)8-13)11-3-4-17-12(7-11)5-6-21-17/h1-10,21H,(H2,19,22). The summed E-state index contributed by atoms with van der Waals surface area (Å²) in [5, 5.41) is 3.10. The highest BCUT2D eigenvalue weighted by molar-refractivity contribution is 6.03. The molecule has 0 spiro atoms. The van der Waals surface area contributed by atoms with Crippen LogP contribution in [0, 0.1) is 0 Å². The molecule has 0 saturated heterocycles. The second-order valence-corrected chi connectivity index (χ2v) is 5.27. The number of aromatic amines is 1. The molecule has 2 aromatic heterocycles. The van der Waals surface area contributed by atoms with E-state index in [1.807, 2.05) is 42.7 Å². The second-order valence-electron chi connectivity index (χ2n) is 5.27. The van der Waals surface area contributed by atoms with E-state index in [4.69, 9.17) is 5.73 Å². The molecule has 22 heavy (non-hydrogen) atoms. The first-order chi connectivity index (χ1) is 10.7. The zero-order valence-corrected chi connectivity index (χ0v) is 11.7. The minimum absolute atomic E-state index is 0.425. The maximum atomic E-state index is 11.4. The predicted octanol–water partition coefficient (Wildman–Crippen LogP) is 3.48. The van der Waals surface area contributed by atoms with Crippen molar-refractivity contribution in [1.82, 2.24) is 9.97 Å². The topological polar surface area (TPSA) is 71.8 Å². The lowest BCUT2D eigenvalue weighted by Gasteiger charge is -2.08. The van der Waals surface area contributed by atoms with E-state index in [-0.39, 0.29) is 0 Å². The average Bonchev–Trinajstić information content (AvgIpc) is 3.01. The number of amides is 1. The number of carbonyl (C=O) groups excluding carboxylic acids is 1. The van der Waals surface area contributed by atoms with Crippen LogP contribution < -0.4 is 5.73 Å². The molecule has 0 radical (unpaired) electrons.